The van der Waals surface area contributed by atoms with Crippen LogP contribution in [0, 0.1) is 5.92 Å². The highest BCUT2D eigenvalue weighted by atomic mass is 79.9. The maximum Gasteiger partial charge on any atom is 0.306 e. The monoisotopic (exact) mass is 526 g/mol. The van der Waals surface area contributed by atoms with Crippen LogP contribution in [0.1, 0.15) is 12.8 Å². The predicted molar refractivity (Wildman–Crippen MR) is 121 cm³/mol. The van der Waals surface area contributed by atoms with Gasteiger partial charge in [-0.2, -0.15) is 0 Å². The first-order valence-corrected chi connectivity index (χ1v) is 11.1. The van der Waals surface area contributed by atoms with Crippen LogP contribution in [-0.4, -0.2) is 30.4 Å². The Morgan fingerprint density at radius 3 is 2.68 bits per heavy atom. The molecule has 1 aromatic heterocycles. The fourth-order valence-corrected chi connectivity index (χ4v) is 4.09. The van der Waals surface area contributed by atoms with E-state index in [4.69, 9.17) is 42.2 Å². The second kappa shape index (κ2) is 9.20. The molecule has 4 rings (SSSR count). The number of carboxylic acid groups (broad SMARTS) is 1. The van der Waals surface area contributed by atoms with Crippen molar-refractivity contribution in [2.24, 2.45) is 5.92 Å². The molecule has 162 valence electrons. The number of benzene rings is 2. The van der Waals surface area contributed by atoms with Gasteiger partial charge in [0, 0.05) is 10.5 Å². The van der Waals surface area contributed by atoms with Gasteiger partial charge in [-0.05, 0) is 53.0 Å². The Morgan fingerprint density at radius 1 is 1.16 bits per heavy atom. The smallest absolute Gasteiger partial charge is 0.306 e. The van der Waals surface area contributed by atoms with Crippen LogP contribution in [0.25, 0.3) is 22.3 Å². The molecular formula is C22H17BrCl2O6. The van der Waals surface area contributed by atoms with Gasteiger partial charge < -0.3 is 19.0 Å². The van der Waals surface area contributed by atoms with Gasteiger partial charge in [0.2, 0.25) is 0 Å². The van der Waals surface area contributed by atoms with Crippen molar-refractivity contribution in [2.75, 3.05) is 13.2 Å². The van der Waals surface area contributed by atoms with Gasteiger partial charge in [-0.3, -0.25) is 9.59 Å². The quantitative estimate of drug-likeness (QED) is 0.391. The molecule has 0 unspecified atom stereocenters. The summed E-state index contributed by atoms with van der Waals surface area (Å²) in [5, 5.41) is 10.1. The van der Waals surface area contributed by atoms with Gasteiger partial charge in [0.05, 0.1) is 39.6 Å². The van der Waals surface area contributed by atoms with Crippen molar-refractivity contribution in [3.05, 3.63) is 61.1 Å². The molecule has 2 aromatic carbocycles. The molecule has 0 aliphatic heterocycles. The van der Waals surface area contributed by atoms with E-state index in [0.717, 1.165) is 0 Å². The lowest BCUT2D eigenvalue weighted by Crippen LogP contribution is -2.37. The highest BCUT2D eigenvalue weighted by Crippen LogP contribution is 2.38. The first kappa shape index (κ1) is 22.1. The largest absolute Gasteiger partial charge is 0.490 e. The molecule has 1 aliphatic carbocycles. The Labute approximate surface area is 195 Å². The Bertz CT molecular complexity index is 1200. The summed E-state index contributed by atoms with van der Waals surface area (Å²) in [7, 11) is 0. The number of aliphatic carboxylic acids is 1. The van der Waals surface area contributed by atoms with Crippen molar-refractivity contribution in [3.63, 3.8) is 0 Å². The lowest BCUT2D eigenvalue weighted by atomic mass is 9.82. The van der Waals surface area contributed by atoms with E-state index in [1.165, 1.54) is 6.07 Å². The van der Waals surface area contributed by atoms with E-state index < -0.39 is 5.97 Å². The third-order valence-corrected chi connectivity index (χ3v) is 6.63. The van der Waals surface area contributed by atoms with Crippen LogP contribution in [0.2, 0.25) is 10.0 Å². The summed E-state index contributed by atoms with van der Waals surface area (Å²) < 4.78 is 18.1. The summed E-state index contributed by atoms with van der Waals surface area (Å²) in [6, 6.07) is 9.70. The number of carboxylic acids is 1. The van der Waals surface area contributed by atoms with Crippen LogP contribution in [0.15, 0.2) is 50.1 Å². The van der Waals surface area contributed by atoms with Crippen molar-refractivity contribution in [2.45, 2.75) is 18.9 Å². The average Bonchev–Trinajstić information content (AvgIpc) is 2.69. The molecule has 1 saturated carbocycles. The van der Waals surface area contributed by atoms with E-state index in [2.05, 4.69) is 15.9 Å². The van der Waals surface area contributed by atoms with Gasteiger partial charge in [0.15, 0.2) is 11.0 Å². The van der Waals surface area contributed by atoms with Crippen LogP contribution >= 0.6 is 39.1 Å². The van der Waals surface area contributed by atoms with Crippen LogP contribution in [-0.2, 0) is 9.53 Å². The molecule has 9 heteroatoms. The van der Waals surface area contributed by atoms with Crippen molar-refractivity contribution < 1.29 is 23.8 Å². The predicted octanol–water partition coefficient (Wildman–Crippen LogP) is 5.79. The average molecular weight is 528 g/mol. The maximum atomic E-state index is 12.6. The normalized spacial score (nSPS) is 18.0. The molecule has 0 amide bonds. The van der Waals surface area contributed by atoms with Crippen LogP contribution in [0.3, 0.4) is 0 Å². The van der Waals surface area contributed by atoms with E-state index in [9.17, 15) is 9.59 Å². The molecule has 1 aliphatic rings. The molecule has 0 spiro atoms. The molecule has 6 nitrogen and oxygen atoms in total. The number of hydrogen-bond acceptors (Lipinski definition) is 5. The zero-order valence-corrected chi connectivity index (χ0v) is 19.2. The summed E-state index contributed by atoms with van der Waals surface area (Å²) in [5.74, 6) is -0.387. The fourth-order valence-electron chi connectivity index (χ4n) is 3.39. The summed E-state index contributed by atoms with van der Waals surface area (Å²) in [4.78, 5) is 23.4. The standard InChI is InChI=1S/C22H17BrCl2O6/c23-15-9-19(30-5-4-29-12-6-11(7-12)22(27)28)14(8-17(15)25)20-10-18(26)13-2-1-3-16(24)21(13)31-20/h1-3,8-12H,4-7H2,(H,27,28)/t11-,12+. The minimum atomic E-state index is -0.788. The third kappa shape index (κ3) is 4.75. The number of para-hydroxylation sites is 1. The number of halogens is 3. The summed E-state index contributed by atoms with van der Waals surface area (Å²) >= 11 is 15.9. The van der Waals surface area contributed by atoms with Gasteiger partial charge in [0.25, 0.3) is 0 Å². The molecule has 1 N–H and O–H groups in total. The molecule has 1 fully saturated rings. The van der Waals surface area contributed by atoms with E-state index in [0.29, 0.717) is 50.7 Å². The molecule has 0 atom stereocenters. The van der Waals surface area contributed by atoms with Gasteiger partial charge in [-0.25, -0.2) is 0 Å². The fraction of sp³-hybridized carbons (Fsp3) is 0.273. The van der Waals surface area contributed by atoms with Crippen molar-refractivity contribution in [3.8, 4) is 17.1 Å². The van der Waals surface area contributed by atoms with Crippen LogP contribution in [0.4, 0.5) is 0 Å². The lowest BCUT2D eigenvalue weighted by molar-refractivity contribution is -0.151. The lowest BCUT2D eigenvalue weighted by Gasteiger charge is -2.32. The summed E-state index contributed by atoms with van der Waals surface area (Å²) in [6.45, 7) is 0.526. The number of fused-ring (bicyclic) bond motifs is 1. The number of ether oxygens (including phenoxy) is 2. The Morgan fingerprint density at radius 2 is 1.94 bits per heavy atom. The molecule has 0 bridgehead atoms. The molecule has 0 radical (unpaired) electrons. The molecule has 0 saturated heterocycles. The number of carbonyl (C=O) groups is 1. The highest BCUT2D eigenvalue weighted by molar-refractivity contribution is 9.10. The SMILES string of the molecule is O=c1cc(-c2cc(Cl)c(Br)cc2OCCO[C@H]2C[C@@H](C(=O)O)C2)oc2c(Cl)cccc12. The zero-order chi connectivity index (χ0) is 22.1. The van der Waals surface area contributed by atoms with Crippen molar-refractivity contribution >= 4 is 56.1 Å². The first-order chi connectivity index (χ1) is 14.8. The first-order valence-electron chi connectivity index (χ1n) is 9.52. The highest BCUT2D eigenvalue weighted by Gasteiger charge is 2.35. The number of rotatable bonds is 7. The molecular weight excluding hydrogens is 511 g/mol. The minimum absolute atomic E-state index is 0.0678. The van der Waals surface area contributed by atoms with Gasteiger partial charge in [-0.1, -0.05) is 29.3 Å². The van der Waals surface area contributed by atoms with Crippen molar-refractivity contribution in [1.29, 1.82) is 0 Å². The topological polar surface area (TPSA) is 86.0 Å². The van der Waals surface area contributed by atoms with E-state index in [1.807, 2.05) is 0 Å². The molecule has 1 heterocycles. The Kier molecular flexibility index (Phi) is 6.57. The third-order valence-electron chi connectivity index (χ3n) is 5.13. The van der Waals surface area contributed by atoms with Crippen LogP contribution in [0.5, 0.6) is 5.75 Å². The second-order valence-corrected chi connectivity index (χ2v) is 8.87. The van der Waals surface area contributed by atoms with E-state index in [-0.39, 0.29) is 35.4 Å². The summed E-state index contributed by atoms with van der Waals surface area (Å²) in [5.41, 5.74) is 0.560. The summed E-state index contributed by atoms with van der Waals surface area (Å²) in [6.07, 6.45) is 0.952. The van der Waals surface area contributed by atoms with Gasteiger partial charge in [-0.15, -0.1) is 0 Å². The van der Waals surface area contributed by atoms with E-state index in [1.54, 1.807) is 30.3 Å². The molecule has 31 heavy (non-hydrogen) atoms. The van der Waals surface area contributed by atoms with Crippen LogP contribution < -0.4 is 10.2 Å². The molecule has 3 aromatic rings. The maximum absolute atomic E-state index is 12.6. The zero-order valence-electron chi connectivity index (χ0n) is 16.1. The Hall–Kier alpha value is -2.06. The van der Waals surface area contributed by atoms with E-state index >= 15 is 0 Å². The van der Waals surface area contributed by atoms with Crippen molar-refractivity contribution in [1.82, 2.24) is 0 Å². The second-order valence-electron chi connectivity index (χ2n) is 7.20. The number of hydrogen-bond donors (Lipinski definition) is 1. The van der Waals surface area contributed by atoms with Gasteiger partial charge >= 0.3 is 5.97 Å². The minimum Gasteiger partial charge on any atom is -0.490 e. The van der Waals surface area contributed by atoms with Gasteiger partial charge in [0.1, 0.15) is 18.1 Å². The Balaban J connectivity index is 1.54.